The van der Waals surface area contributed by atoms with Gasteiger partial charge in [-0.3, -0.25) is 0 Å². The van der Waals surface area contributed by atoms with Gasteiger partial charge in [0, 0.05) is 0 Å². The molecule has 1 aromatic rings. The van der Waals surface area contributed by atoms with E-state index >= 15 is 0 Å². The first-order chi connectivity index (χ1) is 8.66. The Labute approximate surface area is 105 Å². The number of carbonyl (C=O) groups is 1. The molecule has 0 saturated carbocycles. The standard InChI is InChI=1S/C13H14O5/c1-16-12(14)13(15,9-11-17-7-8-18-11)10-5-3-2-4-6-10/h2-8,11,15H,9H2,1H3. The first-order valence-electron chi connectivity index (χ1n) is 5.49. The molecular formula is C13H14O5. The first-order valence-corrected chi connectivity index (χ1v) is 5.49. The van der Waals surface area contributed by atoms with E-state index in [-0.39, 0.29) is 6.42 Å². The van der Waals surface area contributed by atoms with Crippen molar-refractivity contribution in [1.82, 2.24) is 0 Å². The fourth-order valence-electron chi connectivity index (χ4n) is 1.81. The van der Waals surface area contributed by atoms with Crippen molar-refractivity contribution in [2.24, 2.45) is 0 Å². The Morgan fingerprint density at radius 1 is 1.33 bits per heavy atom. The lowest BCUT2D eigenvalue weighted by Crippen LogP contribution is -2.40. The van der Waals surface area contributed by atoms with Crippen LogP contribution in [0.2, 0.25) is 0 Å². The highest BCUT2D eigenvalue weighted by Crippen LogP contribution is 2.30. The predicted octanol–water partition coefficient (Wildman–Crippen LogP) is 1.28. The van der Waals surface area contributed by atoms with Crippen LogP contribution in [0.1, 0.15) is 12.0 Å². The van der Waals surface area contributed by atoms with Crippen molar-refractivity contribution in [3.05, 3.63) is 48.4 Å². The van der Waals surface area contributed by atoms with Gasteiger partial charge in [-0.1, -0.05) is 30.3 Å². The Balaban J connectivity index is 2.25. The predicted molar refractivity (Wildman–Crippen MR) is 62.1 cm³/mol. The lowest BCUT2D eigenvalue weighted by Gasteiger charge is -2.27. The highest BCUT2D eigenvalue weighted by molar-refractivity contribution is 5.81. The number of ether oxygens (including phenoxy) is 3. The van der Waals surface area contributed by atoms with Crippen molar-refractivity contribution in [1.29, 1.82) is 0 Å². The topological polar surface area (TPSA) is 65.0 Å². The zero-order chi connectivity index (χ0) is 13.0. The monoisotopic (exact) mass is 250 g/mol. The molecule has 0 amide bonds. The number of hydrogen-bond acceptors (Lipinski definition) is 5. The van der Waals surface area contributed by atoms with Crippen molar-refractivity contribution < 1.29 is 24.1 Å². The van der Waals surface area contributed by atoms with Crippen LogP contribution < -0.4 is 0 Å². The minimum atomic E-state index is -1.79. The van der Waals surface area contributed by atoms with Crippen molar-refractivity contribution in [2.75, 3.05) is 7.11 Å². The average Bonchev–Trinajstić information content (AvgIpc) is 2.91. The first kappa shape index (κ1) is 12.4. The van der Waals surface area contributed by atoms with Crippen LogP contribution in [0.3, 0.4) is 0 Å². The van der Waals surface area contributed by atoms with Gasteiger partial charge in [0.05, 0.1) is 13.5 Å². The molecule has 0 aliphatic carbocycles. The Morgan fingerprint density at radius 2 is 1.94 bits per heavy atom. The molecule has 2 rings (SSSR count). The van der Waals surface area contributed by atoms with Gasteiger partial charge in [0.15, 0.2) is 5.60 Å². The second-order valence-corrected chi connectivity index (χ2v) is 3.90. The van der Waals surface area contributed by atoms with E-state index in [0.717, 1.165) is 0 Å². The van der Waals surface area contributed by atoms with Crippen LogP contribution in [0.5, 0.6) is 0 Å². The second-order valence-electron chi connectivity index (χ2n) is 3.90. The van der Waals surface area contributed by atoms with Crippen LogP contribution in [0.25, 0.3) is 0 Å². The molecule has 5 heteroatoms. The molecule has 5 nitrogen and oxygen atoms in total. The SMILES string of the molecule is COC(=O)C(O)(CC1OC=CO1)c1ccccc1. The summed E-state index contributed by atoms with van der Waals surface area (Å²) in [4.78, 5) is 11.8. The molecule has 0 aromatic heterocycles. The molecule has 1 aliphatic rings. The van der Waals surface area contributed by atoms with Crippen molar-refractivity contribution >= 4 is 5.97 Å². The van der Waals surface area contributed by atoms with Crippen molar-refractivity contribution in [3.8, 4) is 0 Å². The van der Waals surface area contributed by atoms with Crippen LogP contribution in [0.15, 0.2) is 42.9 Å². The quantitative estimate of drug-likeness (QED) is 0.815. The molecule has 1 aliphatic heterocycles. The maximum absolute atomic E-state index is 11.8. The summed E-state index contributed by atoms with van der Waals surface area (Å²) in [6.07, 6.45) is 1.99. The zero-order valence-electron chi connectivity index (χ0n) is 9.91. The number of esters is 1. The molecule has 96 valence electrons. The number of aliphatic hydroxyl groups is 1. The lowest BCUT2D eigenvalue weighted by atomic mass is 9.90. The smallest absolute Gasteiger partial charge is 0.342 e. The van der Waals surface area contributed by atoms with Gasteiger partial charge in [0.1, 0.15) is 12.5 Å². The summed E-state index contributed by atoms with van der Waals surface area (Å²) in [5, 5.41) is 10.5. The molecule has 0 fully saturated rings. The molecule has 1 N–H and O–H groups in total. The molecule has 1 unspecified atom stereocenters. The highest BCUT2D eigenvalue weighted by atomic mass is 16.7. The molecule has 18 heavy (non-hydrogen) atoms. The van der Waals surface area contributed by atoms with Crippen LogP contribution in [0.4, 0.5) is 0 Å². The molecule has 0 saturated heterocycles. The zero-order valence-corrected chi connectivity index (χ0v) is 9.91. The van der Waals surface area contributed by atoms with E-state index in [1.165, 1.54) is 19.6 Å². The Kier molecular flexibility index (Phi) is 3.53. The van der Waals surface area contributed by atoms with Gasteiger partial charge < -0.3 is 19.3 Å². The van der Waals surface area contributed by atoms with Crippen molar-refractivity contribution in [3.63, 3.8) is 0 Å². The van der Waals surface area contributed by atoms with E-state index in [0.29, 0.717) is 5.56 Å². The molecule has 1 aromatic carbocycles. The van der Waals surface area contributed by atoms with E-state index in [1.54, 1.807) is 30.3 Å². The van der Waals surface area contributed by atoms with E-state index in [1.807, 2.05) is 0 Å². The van der Waals surface area contributed by atoms with Gasteiger partial charge in [-0.15, -0.1) is 0 Å². The number of carbonyl (C=O) groups excluding carboxylic acids is 1. The van der Waals surface area contributed by atoms with Gasteiger partial charge in [-0.2, -0.15) is 0 Å². The van der Waals surface area contributed by atoms with Crippen molar-refractivity contribution in [2.45, 2.75) is 18.3 Å². The lowest BCUT2D eigenvalue weighted by molar-refractivity contribution is -0.173. The normalized spacial score (nSPS) is 17.7. The van der Waals surface area contributed by atoms with Gasteiger partial charge in [-0.25, -0.2) is 4.79 Å². The van der Waals surface area contributed by atoms with Crippen LogP contribution in [-0.4, -0.2) is 24.5 Å². The van der Waals surface area contributed by atoms with E-state index < -0.39 is 17.9 Å². The maximum atomic E-state index is 11.8. The van der Waals surface area contributed by atoms with Crippen LogP contribution in [0, 0.1) is 0 Å². The maximum Gasteiger partial charge on any atom is 0.342 e. The fraction of sp³-hybridized carbons (Fsp3) is 0.308. The second kappa shape index (κ2) is 5.10. The third-order valence-electron chi connectivity index (χ3n) is 2.75. The molecular weight excluding hydrogens is 236 g/mol. The third-order valence-corrected chi connectivity index (χ3v) is 2.75. The highest BCUT2D eigenvalue weighted by Gasteiger charge is 2.43. The minimum absolute atomic E-state index is 0.0450. The Bertz CT molecular complexity index is 434. The van der Waals surface area contributed by atoms with E-state index in [2.05, 4.69) is 4.74 Å². The Hall–Kier alpha value is -2.01. The summed E-state index contributed by atoms with van der Waals surface area (Å²) in [6, 6.07) is 8.57. The molecule has 0 bridgehead atoms. The van der Waals surface area contributed by atoms with Gasteiger partial charge in [-0.05, 0) is 5.56 Å². The summed E-state index contributed by atoms with van der Waals surface area (Å²) in [5.74, 6) is -0.743. The summed E-state index contributed by atoms with van der Waals surface area (Å²) >= 11 is 0. The number of hydrogen-bond donors (Lipinski definition) is 1. The summed E-state index contributed by atoms with van der Waals surface area (Å²) in [6.45, 7) is 0. The summed E-state index contributed by atoms with van der Waals surface area (Å²) in [7, 11) is 1.23. The molecule has 0 radical (unpaired) electrons. The van der Waals surface area contributed by atoms with Crippen LogP contribution >= 0.6 is 0 Å². The number of rotatable bonds is 4. The van der Waals surface area contributed by atoms with E-state index in [4.69, 9.17) is 9.47 Å². The Morgan fingerprint density at radius 3 is 2.50 bits per heavy atom. The van der Waals surface area contributed by atoms with Gasteiger partial charge >= 0.3 is 5.97 Å². The number of methoxy groups -OCH3 is 1. The fourth-order valence-corrected chi connectivity index (χ4v) is 1.81. The van der Waals surface area contributed by atoms with E-state index in [9.17, 15) is 9.90 Å². The molecule has 1 heterocycles. The third kappa shape index (κ3) is 2.31. The number of benzene rings is 1. The minimum Gasteiger partial charge on any atom is -0.467 e. The largest absolute Gasteiger partial charge is 0.467 e. The van der Waals surface area contributed by atoms with Crippen LogP contribution in [-0.2, 0) is 24.6 Å². The summed E-state index contributed by atoms with van der Waals surface area (Å²) < 4.78 is 14.8. The summed E-state index contributed by atoms with van der Waals surface area (Å²) in [5.41, 5.74) is -1.34. The van der Waals surface area contributed by atoms with Gasteiger partial charge in [0.25, 0.3) is 0 Å². The van der Waals surface area contributed by atoms with Gasteiger partial charge in [0.2, 0.25) is 6.29 Å². The average molecular weight is 250 g/mol. The molecule has 0 spiro atoms. The molecule has 1 atom stereocenters.